The van der Waals surface area contributed by atoms with Crippen molar-refractivity contribution in [3.63, 3.8) is 0 Å². The van der Waals surface area contributed by atoms with E-state index in [-0.39, 0.29) is 51.5 Å². The Morgan fingerprint density at radius 2 is 1.36 bits per heavy atom. The van der Waals surface area contributed by atoms with Crippen LogP contribution in [-0.2, 0) is 61.9 Å². The number of hydrogen-bond acceptors (Lipinski definition) is 41. The third kappa shape index (κ3) is 27.5. The molecule has 0 aromatic carbocycles. The highest BCUT2D eigenvalue weighted by atomic mass is 32.1. The number of aromatic nitrogens is 6. The summed E-state index contributed by atoms with van der Waals surface area (Å²) >= 11 is 1.84. The second-order valence-corrected chi connectivity index (χ2v) is 30.3. The highest BCUT2D eigenvalue weighted by Crippen LogP contribution is 2.36. The highest BCUT2D eigenvalue weighted by Gasteiger charge is 2.54. The van der Waals surface area contributed by atoms with Gasteiger partial charge in [0.25, 0.3) is 11.8 Å². The third-order valence-electron chi connectivity index (χ3n) is 19.3. The van der Waals surface area contributed by atoms with Crippen molar-refractivity contribution in [3.8, 4) is 10.7 Å². The van der Waals surface area contributed by atoms with Gasteiger partial charge in [-0.2, -0.15) is 0 Å². The molecule has 9 amide bonds. The number of carbonyl (C=O) groups is 9. The van der Waals surface area contributed by atoms with Crippen LogP contribution in [0.15, 0.2) is 23.3 Å². The first-order valence-corrected chi connectivity index (χ1v) is 39.7. The fraction of sp³-hybridized carbons (Fsp3) is 0.676. The fourth-order valence-corrected chi connectivity index (χ4v) is 14.0. The van der Waals surface area contributed by atoms with Crippen LogP contribution in [0.4, 0.5) is 10.6 Å². The van der Waals surface area contributed by atoms with Crippen molar-refractivity contribution in [2.24, 2.45) is 40.1 Å². The Labute approximate surface area is 687 Å². The van der Waals surface area contributed by atoms with Crippen LogP contribution in [0, 0.1) is 6.92 Å². The van der Waals surface area contributed by atoms with Crippen molar-refractivity contribution in [1.82, 2.24) is 72.4 Å². The van der Waals surface area contributed by atoms with Gasteiger partial charge >= 0.3 is 6.09 Å². The third-order valence-corrected chi connectivity index (χ3v) is 21.1. The number of nitrogens with zero attached hydrogens (tertiary/aromatic N) is 5. The van der Waals surface area contributed by atoms with Crippen LogP contribution in [0.2, 0.25) is 0 Å². The van der Waals surface area contributed by atoms with E-state index >= 15 is 9.59 Å². The van der Waals surface area contributed by atoms with Crippen LogP contribution >= 0.6 is 22.7 Å². The largest absolute Gasteiger partial charge is 0.441 e. The molecule has 7 heterocycles. The van der Waals surface area contributed by atoms with Gasteiger partial charge in [-0.25, -0.2) is 29.7 Å². The lowest BCUT2D eigenvalue weighted by Crippen LogP contribution is -2.65. The summed E-state index contributed by atoms with van der Waals surface area (Å²) in [4.78, 5) is 145. The maximum Gasteiger partial charge on any atom is 0.404 e. The Balaban J connectivity index is 1.11. The smallest absolute Gasteiger partial charge is 0.404 e. The number of anilines is 1. The number of rotatable bonds is 47. The van der Waals surface area contributed by atoms with E-state index in [1.54, 1.807) is 0 Å². The maximum atomic E-state index is 15.3. The molecule has 0 aliphatic carbocycles. The van der Waals surface area contributed by atoms with Crippen LogP contribution in [0.1, 0.15) is 133 Å². The van der Waals surface area contributed by atoms with Gasteiger partial charge in [0.2, 0.25) is 35.4 Å². The quantitative estimate of drug-likeness (QED) is 0.0144. The first-order valence-electron chi connectivity index (χ1n) is 37.9. The number of H-pyrrole nitrogens is 1. The van der Waals surface area contributed by atoms with Gasteiger partial charge in [0.05, 0.1) is 80.3 Å². The van der Waals surface area contributed by atoms with E-state index < -0.39 is 256 Å². The Kier molecular flexibility index (Phi) is 38.1. The summed E-state index contributed by atoms with van der Waals surface area (Å²) < 4.78 is 40.5. The van der Waals surface area contributed by atoms with Crippen molar-refractivity contribution in [3.05, 3.63) is 56.8 Å². The molecule has 7 rings (SSSR count). The summed E-state index contributed by atoms with van der Waals surface area (Å²) in [6, 6.07) is -10.2. The first kappa shape index (κ1) is 97.6. The summed E-state index contributed by atoms with van der Waals surface area (Å²) in [7, 11) is 0. The Bertz CT molecular complexity index is 3960. The number of nitrogens with one attached hydrogen (secondary N) is 9. The number of nitrogens with two attached hydrogens (primary N) is 8. The number of aliphatic hydroxyl groups excluding tert-OH is 11. The fourth-order valence-electron chi connectivity index (χ4n) is 12.4. The molecule has 3 fully saturated rings. The number of primary amides is 3. The minimum atomic E-state index is -2.27. The van der Waals surface area contributed by atoms with Gasteiger partial charge in [0, 0.05) is 54.8 Å². The Morgan fingerprint density at radius 3 is 2.02 bits per heavy atom. The van der Waals surface area contributed by atoms with E-state index in [1.807, 2.05) is 0 Å². The summed E-state index contributed by atoms with van der Waals surface area (Å²) in [5.41, 5.74) is 45.1. The molecule has 0 radical (unpaired) electrons. The van der Waals surface area contributed by atoms with Crippen molar-refractivity contribution in [2.45, 2.75) is 238 Å². The van der Waals surface area contributed by atoms with Crippen molar-refractivity contribution in [1.29, 1.82) is 0 Å². The summed E-state index contributed by atoms with van der Waals surface area (Å²) in [6.45, 7) is 5.33. The number of aliphatic hydroxyl groups is 11. The van der Waals surface area contributed by atoms with Gasteiger partial charge in [-0.3, -0.25) is 38.4 Å². The number of hydrogen-bond donors (Lipinski definition) is 28. The standard InChI is InChI=1S/C68H110N22O27S2/c1-25-42(87-57(89-55(25)74)31(16-38(72)95)81-18-30(71)56(75)105)59(107)88-44(52(32-19-78-24-82-32)114-67-54(48(101)45(98)36(20-91)113-67)115-66-50(103)53(116-68(76)110)46(99)37(21-92)112-66)61(109)83-26(2)35(94)17-40(97)86-43(27(3)93)60(108)90-62(117-65-49(102)47(100)41(73)28(4)111-65)51(104)64-85-34(23-119-64)63-84-33(22-118-63)58(106)80-13-7-9-29(70)15-39(96)79-14-8-12-77-11-6-5-10-69/h19,22-24,26-31,35-37,41,43-54,62,65-67,77,81,91-94,98-104H,5-18,20-21,69-71,73H2,1-4H3,(H2,72,95)(H2,75,105)(H2,76,110)(H,78,82)(H,79,96)(H,80,106)(H,83,109)(H,86,97)(H,88,107)(H,90,108)(H2,74,87,89)/t26?,27?,28-,29?,30-,31?,35?,36-,37+,41+,43?,44?,45+,46+,47+,48-,49+,50-,51?,52-,53-,54-,62?,65-,66+,67-/m0/s1. The molecule has 36 N–H and O–H groups in total. The van der Waals surface area contributed by atoms with Gasteiger partial charge in [-0.1, -0.05) is 0 Å². The number of aromatic amines is 1. The SMILES string of the molecule is Cc1c(N)nc(C(CC(N)=O)NC[C@H](N)C(N)=O)nc1C(=O)NC(C(=O)NC(C)C(O)CC(=O)NC(C(=O)NC(O[C@@H]1O[C@@H](C)[C@@H](N)[C@@H](O)[C@H]1O)C(O)c1nc(-c2nc(C(=O)NCCCC(N)CC(=O)NCCCNCCCCN)cs2)cs1)C(C)O)[C@@H](O[C@@H]1O[C@@H](CO)[C@@H](O)[C@H](O)[C@@H]1O[C@H]1O[C@H](CO)[C@@H](O)[C@H](OC(N)=O)[C@@H]1O)c1cnc[nH]1. The first-order chi connectivity index (χ1) is 56.4. The zero-order valence-corrected chi connectivity index (χ0v) is 66.9. The minimum absolute atomic E-state index is 0.00960. The van der Waals surface area contributed by atoms with E-state index in [1.165, 1.54) is 24.6 Å². The number of nitrogen functional groups attached to an aromatic ring is 1. The Morgan fingerprint density at radius 1 is 0.681 bits per heavy atom. The lowest BCUT2D eigenvalue weighted by molar-refractivity contribution is -0.372. The molecule has 3 aliphatic rings. The number of ether oxygens (including phenoxy) is 7. The van der Waals surface area contributed by atoms with Crippen LogP contribution in [0.5, 0.6) is 0 Å². The van der Waals surface area contributed by atoms with Gasteiger partial charge < -0.3 is 183 Å². The molecular formula is C68H110N22O27S2. The van der Waals surface area contributed by atoms with E-state index in [4.69, 9.17) is 79.0 Å². The number of carbonyl (C=O) groups excluding carboxylic acids is 9. The van der Waals surface area contributed by atoms with E-state index in [0.717, 1.165) is 81.4 Å². The lowest BCUT2D eigenvalue weighted by Gasteiger charge is -2.47. The van der Waals surface area contributed by atoms with Crippen LogP contribution < -0.4 is 88.4 Å². The molecule has 4 aromatic rings. The van der Waals surface area contributed by atoms with Gasteiger partial charge in [0.1, 0.15) is 112 Å². The summed E-state index contributed by atoms with van der Waals surface area (Å²) in [6.07, 6.45) is -34.5. The molecular weight excluding hydrogens is 1620 g/mol. The van der Waals surface area contributed by atoms with E-state index in [9.17, 15) is 89.7 Å². The molecule has 26 atom stereocenters. The van der Waals surface area contributed by atoms with E-state index in [0.29, 0.717) is 25.9 Å². The second kappa shape index (κ2) is 46.5. The zero-order chi connectivity index (χ0) is 87.8. The van der Waals surface area contributed by atoms with Crippen LogP contribution in [-0.4, -0.2) is 333 Å². The predicted molar refractivity (Wildman–Crippen MR) is 412 cm³/mol. The molecule has 4 aromatic heterocycles. The van der Waals surface area contributed by atoms with Gasteiger partial charge in [-0.05, 0) is 79.4 Å². The monoisotopic (exact) mass is 1730 g/mol. The zero-order valence-electron chi connectivity index (χ0n) is 65.3. The topological polar surface area (TPSA) is 825 Å². The molecule has 51 heteroatoms. The molecule has 119 heavy (non-hydrogen) atoms. The van der Waals surface area contributed by atoms with E-state index in [2.05, 4.69) is 72.4 Å². The summed E-state index contributed by atoms with van der Waals surface area (Å²) in [5, 5.41) is 147. The number of unbranched alkanes of at least 4 members (excludes halogenated alkanes) is 1. The average molecular weight is 1730 g/mol. The minimum Gasteiger partial charge on any atom is -0.441 e. The second-order valence-electron chi connectivity index (χ2n) is 28.6. The lowest BCUT2D eigenvalue weighted by atomic mass is 9.97. The molecule has 666 valence electrons. The van der Waals surface area contributed by atoms with Crippen molar-refractivity contribution < 1.29 is 132 Å². The van der Waals surface area contributed by atoms with Gasteiger partial charge in [0.15, 0.2) is 37.3 Å². The number of thiazole rings is 2. The number of amides is 9. The highest BCUT2D eigenvalue weighted by molar-refractivity contribution is 7.14. The maximum absolute atomic E-state index is 15.3. The Hall–Kier alpha value is -8.54. The van der Waals surface area contributed by atoms with Crippen LogP contribution in [0.25, 0.3) is 10.7 Å². The van der Waals surface area contributed by atoms with Crippen LogP contribution in [0.3, 0.4) is 0 Å². The van der Waals surface area contributed by atoms with Gasteiger partial charge in [-0.15, -0.1) is 22.7 Å². The molecule has 9 unspecified atom stereocenters. The predicted octanol–water partition coefficient (Wildman–Crippen LogP) is -11.3. The molecule has 0 bridgehead atoms. The van der Waals surface area contributed by atoms with Crippen molar-refractivity contribution in [2.75, 3.05) is 58.2 Å². The molecule has 3 saturated heterocycles. The molecule has 49 nitrogen and oxygen atoms in total. The van der Waals surface area contributed by atoms with Crippen molar-refractivity contribution >= 4 is 81.8 Å². The molecule has 3 aliphatic heterocycles. The normalized spacial score (nSPS) is 26.0. The average Bonchev–Trinajstić information content (AvgIpc) is 1.21. The summed E-state index contributed by atoms with van der Waals surface area (Å²) in [5.74, 6) is -8.64. The number of imidazole rings is 1. The molecule has 0 saturated carbocycles. The molecule has 0 spiro atoms.